The molecule has 0 aliphatic rings. The first-order chi connectivity index (χ1) is 8.81. The van der Waals surface area contributed by atoms with Crippen molar-refractivity contribution < 1.29 is 8.42 Å². The van der Waals surface area contributed by atoms with E-state index in [1.165, 1.54) is 12.1 Å². The zero-order valence-corrected chi connectivity index (χ0v) is 12.2. The van der Waals surface area contributed by atoms with Crippen LogP contribution in [0.1, 0.15) is 25.0 Å². The Morgan fingerprint density at radius 1 is 1.42 bits per heavy atom. The third kappa shape index (κ3) is 3.77. The number of benzene rings is 1. The average molecular weight is 281 g/mol. The lowest BCUT2D eigenvalue weighted by molar-refractivity contribution is 0.454. The maximum atomic E-state index is 12.3. The zero-order valence-electron chi connectivity index (χ0n) is 11.3. The molecule has 104 valence electrons. The lowest BCUT2D eigenvalue weighted by Crippen LogP contribution is -2.43. The number of hydrogen-bond acceptors (Lipinski definition) is 4. The standard InChI is InChI=1S/C13H19N3O2S/c1-9(2)12(8-15)16-19(17,18)13-5-4-11(7-14)6-10(13)3/h4-6,9,12,16H,8,15H2,1-3H3. The van der Waals surface area contributed by atoms with E-state index in [0.717, 1.165) is 0 Å². The molecule has 0 aliphatic heterocycles. The van der Waals surface area contributed by atoms with Crippen molar-refractivity contribution in [2.24, 2.45) is 11.7 Å². The molecule has 0 saturated carbocycles. The summed E-state index contributed by atoms with van der Waals surface area (Å²) in [5.74, 6) is 0.110. The second-order valence-corrected chi connectivity index (χ2v) is 6.48. The van der Waals surface area contributed by atoms with Crippen molar-refractivity contribution in [1.29, 1.82) is 5.26 Å². The van der Waals surface area contributed by atoms with Gasteiger partial charge < -0.3 is 5.73 Å². The first kappa shape index (κ1) is 15.6. The highest BCUT2D eigenvalue weighted by Crippen LogP contribution is 2.17. The number of nitrogens with one attached hydrogen (secondary N) is 1. The van der Waals surface area contributed by atoms with Gasteiger partial charge in [-0.1, -0.05) is 13.8 Å². The molecule has 0 aromatic heterocycles. The van der Waals surface area contributed by atoms with Gasteiger partial charge in [0.2, 0.25) is 10.0 Å². The van der Waals surface area contributed by atoms with Crippen LogP contribution in [0, 0.1) is 24.2 Å². The maximum absolute atomic E-state index is 12.3. The Bertz CT molecular complexity index is 588. The van der Waals surface area contributed by atoms with Gasteiger partial charge in [-0.15, -0.1) is 0 Å². The van der Waals surface area contributed by atoms with Crippen LogP contribution in [0.15, 0.2) is 23.1 Å². The summed E-state index contributed by atoms with van der Waals surface area (Å²) in [5, 5.41) is 8.78. The predicted molar refractivity (Wildman–Crippen MR) is 73.9 cm³/mol. The van der Waals surface area contributed by atoms with Crippen LogP contribution in [0.5, 0.6) is 0 Å². The first-order valence-electron chi connectivity index (χ1n) is 6.05. The van der Waals surface area contributed by atoms with Crippen LogP contribution in [0.4, 0.5) is 0 Å². The highest BCUT2D eigenvalue weighted by Gasteiger charge is 2.22. The number of nitriles is 1. The van der Waals surface area contributed by atoms with Gasteiger partial charge in [-0.3, -0.25) is 0 Å². The number of nitrogens with two attached hydrogens (primary N) is 1. The average Bonchev–Trinajstić information content (AvgIpc) is 2.35. The molecule has 5 nitrogen and oxygen atoms in total. The first-order valence-corrected chi connectivity index (χ1v) is 7.53. The summed E-state index contributed by atoms with van der Waals surface area (Å²) in [7, 11) is -3.61. The zero-order chi connectivity index (χ0) is 14.6. The maximum Gasteiger partial charge on any atom is 0.241 e. The van der Waals surface area contributed by atoms with Gasteiger partial charge in [0.05, 0.1) is 16.5 Å². The van der Waals surface area contributed by atoms with Crippen LogP contribution >= 0.6 is 0 Å². The minimum absolute atomic E-state index is 0.110. The molecular weight excluding hydrogens is 262 g/mol. The lowest BCUT2D eigenvalue weighted by Gasteiger charge is -2.21. The van der Waals surface area contributed by atoms with Gasteiger partial charge in [-0.25, -0.2) is 13.1 Å². The highest BCUT2D eigenvalue weighted by atomic mass is 32.2. The van der Waals surface area contributed by atoms with E-state index in [-0.39, 0.29) is 23.4 Å². The van der Waals surface area contributed by atoms with E-state index in [1.54, 1.807) is 13.0 Å². The third-order valence-corrected chi connectivity index (χ3v) is 4.61. The minimum Gasteiger partial charge on any atom is -0.329 e. The molecule has 0 bridgehead atoms. The molecule has 0 spiro atoms. The summed E-state index contributed by atoms with van der Waals surface area (Å²) in [6, 6.07) is 6.18. The van der Waals surface area contributed by atoms with Crippen molar-refractivity contribution >= 4 is 10.0 Å². The van der Waals surface area contributed by atoms with Crippen LogP contribution < -0.4 is 10.5 Å². The van der Waals surface area contributed by atoms with Gasteiger partial charge in [0.25, 0.3) is 0 Å². The second-order valence-electron chi connectivity index (χ2n) is 4.80. The molecule has 1 aromatic rings. The van der Waals surface area contributed by atoms with Gasteiger partial charge >= 0.3 is 0 Å². The molecule has 19 heavy (non-hydrogen) atoms. The molecule has 0 radical (unpaired) electrons. The molecule has 1 rings (SSSR count). The van der Waals surface area contributed by atoms with Crippen LogP contribution in [-0.4, -0.2) is 21.0 Å². The van der Waals surface area contributed by atoms with Crippen molar-refractivity contribution in [2.75, 3.05) is 6.54 Å². The summed E-state index contributed by atoms with van der Waals surface area (Å²) in [4.78, 5) is 0.186. The third-order valence-electron chi connectivity index (χ3n) is 2.96. The topological polar surface area (TPSA) is 96.0 Å². The lowest BCUT2D eigenvalue weighted by atomic mass is 10.1. The van der Waals surface area contributed by atoms with Gasteiger partial charge in [0.15, 0.2) is 0 Å². The van der Waals surface area contributed by atoms with Crippen LogP contribution in [0.3, 0.4) is 0 Å². The largest absolute Gasteiger partial charge is 0.329 e. The number of aryl methyl sites for hydroxylation is 1. The molecule has 3 N–H and O–H groups in total. The Kier molecular flexibility index (Phi) is 5.06. The van der Waals surface area contributed by atoms with E-state index in [0.29, 0.717) is 11.1 Å². The fraction of sp³-hybridized carbons (Fsp3) is 0.462. The fourth-order valence-corrected chi connectivity index (χ4v) is 3.36. The van der Waals surface area contributed by atoms with E-state index in [4.69, 9.17) is 11.0 Å². The van der Waals surface area contributed by atoms with Crippen molar-refractivity contribution in [1.82, 2.24) is 4.72 Å². The molecule has 1 unspecified atom stereocenters. The van der Waals surface area contributed by atoms with Crippen molar-refractivity contribution in [3.05, 3.63) is 29.3 Å². The molecule has 1 atom stereocenters. The van der Waals surface area contributed by atoms with E-state index in [1.807, 2.05) is 19.9 Å². The van der Waals surface area contributed by atoms with Gasteiger partial charge in [0, 0.05) is 12.6 Å². The Balaban J connectivity index is 3.11. The minimum atomic E-state index is -3.61. The van der Waals surface area contributed by atoms with Crippen molar-refractivity contribution in [3.8, 4) is 6.07 Å². The Morgan fingerprint density at radius 3 is 2.47 bits per heavy atom. The Labute approximate surface area is 114 Å². The summed E-state index contributed by atoms with van der Waals surface area (Å²) in [6.45, 7) is 5.73. The van der Waals surface area contributed by atoms with Crippen molar-refractivity contribution in [3.63, 3.8) is 0 Å². The monoisotopic (exact) mass is 281 g/mol. The summed E-state index contributed by atoms with van der Waals surface area (Å²) >= 11 is 0. The molecule has 0 saturated heterocycles. The summed E-state index contributed by atoms with van der Waals surface area (Å²) in [6.07, 6.45) is 0. The molecule has 6 heteroatoms. The van der Waals surface area contributed by atoms with Crippen molar-refractivity contribution in [2.45, 2.75) is 31.7 Å². The molecule has 0 heterocycles. The molecule has 0 fully saturated rings. The molecule has 1 aromatic carbocycles. The molecule has 0 amide bonds. The van der Waals surface area contributed by atoms with Gasteiger partial charge in [0.1, 0.15) is 0 Å². The van der Waals surface area contributed by atoms with E-state index in [2.05, 4.69) is 4.72 Å². The SMILES string of the molecule is Cc1cc(C#N)ccc1S(=O)(=O)NC(CN)C(C)C. The number of rotatable bonds is 5. The van der Waals surface area contributed by atoms with Gasteiger partial charge in [-0.2, -0.15) is 5.26 Å². The molecular formula is C13H19N3O2S. The predicted octanol–water partition coefficient (Wildman–Crippen LogP) is 1.13. The summed E-state index contributed by atoms with van der Waals surface area (Å²) < 4.78 is 27.2. The number of hydrogen-bond donors (Lipinski definition) is 2. The van der Waals surface area contributed by atoms with Gasteiger partial charge in [-0.05, 0) is 36.6 Å². The normalized spacial score (nSPS) is 13.3. The van der Waals surface area contributed by atoms with E-state index < -0.39 is 10.0 Å². The number of sulfonamides is 1. The molecule has 0 aliphatic carbocycles. The van der Waals surface area contributed by atoms with E-state index in [9.17, 15) is 8.42 Å². The highest BCUT2D eigenvalue weighted by molar-refractivity contribution is 7.89. The van der Waals surface area contributed by atoms with E-state index >= 15 is 0 Å². The van der Waals surface area contributed by atoms with Crippen LogP contribution in [0.25, 0.3) is 0 Å². The second kappa shape index (κ2) is 6.15. The summed E-state index contributed by atoms with van der Waals surface area (Å²) in [5.41, 5.74) is 6.56. The smallest absolute Gasteiger partial charge is 0.241 e. The van der Waals surface area contributed by atoms with Crippen LogP contribution in [-0.2, 0) is 10.0 Å². The Morgan fingerprint density at radius 2 is 2.05 bits per heavy atom. The number of nitrogens with zero attached hydrogens (tertiary/aromatic N) is 1. The quantitative estimate of drug-likeness (QED) is 0.845. The van der Waals surface area contributed by atoms with Crippen LogP contribution in [0.2, 0.25) is 0 Å². The fourth-order valence-electron chi connectivity index (χ4n) is 1.74. The Hall–Kier alpha value is -1.42.